The van der Waals surface area contributed by atoms with Gasteiger partial charge in [-0.3, -0.25) is 4.90 Å². The fraction of sp³-hybridized carbons (Fsp3) is 0.533. The molecule has 0 fully saturated rings. The molecular formula is C15H25N3O2. The molecule has 20 heavy (non-hydrogen) atoms. The van der Waals surface area contributed by atoms with Crippen LogP contribution in [0.5, 0.6) is 5.75 Å². The maximum Gasteiger partial charge on any atom is 0.316 e. The van der Waals surface area contributed by atoms with Gasteiger partial charge < -0.3 is 16.2 Å². The van der Waals surface area contributed by atoms with E-state index in [-0.39, 0.29) is 5.75 Å². The average molecular weight is 279 g/mol. The van der Waals surface area contributed by atoms with E-state index in [0.717, 1.165) is 18.5 Å². The molecule has 0 radical (unpaired) electrons. The summed E-state index contributed by atoms with van der Waals surface area (Å²) >= 11 is 0. The number of nitrogens with one attached hydrogen (secondary N) is 1. The summed E-state index contributed by atoms with van der Waals surface area (Å²) in [6, 6.07) is 5.49. The number of anilines is 1. The van der Waals surface area contributed by atoms with Gasteiger partial charge in [0.1, 0.15) is 5.75 Å². The molecule has 0 spiro atoms. The first kappa shape index (κ1) is 16.3. The maximum absolute atomic E-state index is 10.9. The Morgan fingerprint density at radius 2 is 1.90 bits per heavy atom. The number of nitrogens with zero attached hydrogens (tertiary/aromatic N) is 1. The SMILES string of the molecule is CC(C)N(CCc1ccc(O)c(NC(N)=O)c1)C(C)C. The fourth-order valence-corrected chi connectivity index (χ4v) is 2.34. The Morgan fingerprint density at radius 1 is 1.30 bits per heavy atom. The van der Waals surface area contributed by atoms with E-state index in [0.29, 0.717) is 17.8 Å². The number of carbonyl (C=O) groups is 1. The van der Waals surface area contributed by atoms with Crippen LogP contribution in [0.1, 0.15) is 33.3 Å². The van der Waals surface area contributed by atoms with Gasteiger partial charge in [0.25, 0.3) is 0 Å². The predicted molar refractivity (Wildman–Crippen MR) is 82.0 cm³/mol. The molecule has 0 heterocycles. The van der Waals surface area contributed by atoms with Gasteiger partial charge in [-0.15, -0.1) is 0 Å². The van der Waals surface area contributed by atoms with E-state index < -0.39 is 6.03 Å². The molecular weight excluding hydrogens is 254 g/mol. The van der Waals surface area contributed by atoms with E-state index in [9.17, 15) is 9.90 Å². The minimum Gasteiger partial charge on any atom is -0.506 e. The maximum atomic E-state index is 10.9. The number of amides is 2. The van der Waals surface area contributed by atoms with Crippen molar-refractivity contribution in [2.24, 2.45) is 5.73 Å². The summed E-state index contributed by atoms with van der Waals surface area (Å²) in [6.07, 6.45) is 0.851. The summed E-state index contributed by atoms with van der Waals surface area (Å²) in [5.41, 5.74) is 6.49. The fourth-order valence-electron chi connectivity index (χ4n) is 2.34. The Morgan fingerprint density at radius 3 is 2.40 bits per heavy atom. The lowest BCUT2D eigenvalue weighted by Crippen LogP contribution is -2.38. The Hall–Kier alpha value is -1.75. The second-order valence-corrected chi connectivity index (χ2v) is 5.52. The lowest BCUT2D eigenvalue weighted by molar-refractivity contribution is 0.177. The Bertz CT molecular complexity index is 450. The van der Waals surface area contributed by atoms with Crippen molar-refractivity contribution in [1.29, 1.82) is 0 Å². The molecule has 0 bridgehead atoms. The van der Waals surface area contributed by atoms with Gasteiger partial charge in [0.15, 0.2) is 0 Å². The zero-order chi connectivity index (χ0) is 15.3. The number of rotatable bonds is 6. The number of primary amides is 1. The number of hydrogen-bond donors (Lipinski definition) is 3. The quantitative estimate of drug-likeness (QED) is 0.700. The third kappa shape index (κ3) is 4.74. The van der Waals surface area contributed by atoms with Crippen LogP contribution in [-0.2, 0) is 6.42 Å². The van der Waals surface area contributed by atoms with Gasteiger partial charge in [0, 0.05) is 18.6 Å². The second-order valence-electron chi connectivity index (χ2n) is 5.52. The lowest BCUT2D eigenvalue weighted by Gasteiger charge is -2.30. The molecule has 2 amide bonds. The molecule has 0 aromatic heterocycles. The summed E-state index contributed by atoms with van der Waals surface area (Å²) in [4.78, 5) is 13.3. The van der Waals surface area contributed by atoms with Crippen LogP contribution in [0.15, 0.2) is 18.2 Å². The summed E-state index contributed by atoms with van der Waals surface area (Å²) in [5.74, 6) is 0.0251. The van der Waals surface area contributed by atoms with E-state index in [4.69, 9.17) is 5.73 Å². The van der Waals surface area contributed by atoms with Gasteiger partial charge in [0.2, 0.25) is 0 Å². The Labute approximate surface area is 120 Å². The molecule has 5 nitrogen and oxygen atoms in total. The number of carbonyl (C=O) groups excluding carboxylic acids is 1. The van der Waals surface area contributed by atoms with Crippen LogP contribution in [0.25, 0.3) is 0 Å². The van der Waals surface area contributed by atoms with E-state index in [1.165, 1.54) is 0 Å². The Balaban J connectivity index is 2.75. The van der Waals surface area contributed by atoms with Gasteiger partial charge in [-0.05, 0) is 51.8 Å². The second kappa shape index (κ2) is 7.14. The molecule has 0 unspecified atom stereocenters. The van der Waals surface area contributed by atoms with Crippen LogP contribution in [0.4, 0.5) is 10.5 Å². The minimum atomic E-state index is -0.677. The molecule has 5 heteroatoms. The van der Waals surface area contributed by atoms with Crippen molar-refractivity contribution in [2.75, 3.05) is 11.9 Å². The highest BCUT2D eigenvalue weighted by atomic mass is 16.3. The molecule has 0 aliphatic carbocycles. The number of nitrogens with two attached hydrogens (primary N) is 1. The van der Waals surface area contributed by atoms with E-state index in [1.807, 2.05) is 6.07 Å². The molecule has 1 aromatic carbocycles. The molecule has 4 N–H and O–H groups in total. The highest BCUT2D eigenvalue weighted by Gasteiger charge is 2.13. The molecule has 1 rings (SSSR count). The number of phenolic OH excluding ortho intramolecular Hbond substituents is 1. The summed E-state index contributed by atoms with van der Waals surface area (Å²) in [5, 5.41) is 12.1. The van der Waals surface area contributed by atoms with Crippen LogP contribution < -0.4 is 11.1 Å². The van der Waals surface area contributed by atoms with Crippen molar-refractivity contribution in [1.82, 2.24) is 4.90 Å². The molecule has 0 saturated carbocycles. The van der Waals surface area contributed by atoms with Crippen LogP contribution in [0.2, 0.25) is 0 Å². The largest absolute Gasteiger partial charge is 0.506 e. The lowest BCUT2D eigenvalue weighted by atomic mass is 10.1. The normalized spacial score (nSPS) is 11.3. The molecule has 0 saturated heterocycles. The molecule has 0 atom stereocenters. The zero-order valence-corrected chi connectivity index (χ0v) is 12.7. The summed E-state index contributed by atoms with van der Waals surface area (Å²) < 4.78 is 0. The van der Waals surface area contributed by atoms with E-state index in [2.05, 4.69) is 37.9 Å². The van der Waals surface area contributed by atoms with Gasteiger partial charge in [0.05, 0.1) is 5.69 Å². The van der Waals surface area contributed by atoms with Crippen LogP contribution in [0.3, 0.4) is 0 Å². The van der Waals surface area contributed by atoms with Gasteiger partial charge in [-0.25, -0.2) is 4.79 Å². The summed E-state index contributed by atoms with van der Waals surface area (Å²) in [7, 11) is 0. The third-order valence-electron chi connectivity index (χ3n) is 3.30. The van der Waals surface area contributed by atoms with Crippen molar-refractivity contribution < 1.29 is 9.90 Å². The van der Waals surface area contributed by atoms with Crippen molar-refractivity contribution in [3.8, 4) is 5.75 Å². The first-order chi connectivity index (χ1) is 9.31. The van der Waals surface area contributed by atoms with Crippen molar-refractivity contribution >= 4 is 11.7 Å². The third-order valence-corrected chi connectivity index (χ3v) is 3.30. The molecule has 0 aliphatic heterocycles. The zero-order valence-electron chi connectivity index (χ0n) is 12.7. The standard InChI is InChI=1S/C15H25N3O2/c1-10(2)18(11(3)4)8-7-12-5-6-14(19)13(9-12)17-15(16)20/h5-6,9-11,19H,7-8H2,1-4H3,(H3,16,17,20). The highest BCUT2D eigenvalue weighted by molar-refractivity contribution is 5.89. The average Bonchev–Trinajstić information content (AvgIpc) is 2.31. The number of hydrogen-bond acceptors (Lipinski definition) is 3. The van der Waals surface area contributed by atoms with Gasteiger partial charge >= 0.3 is 6.03 Å². The first-order valence-corrected chi connectivity index (χ1v) is 6.95. The van der Waals surface area contributed by atoms with Crippen molar-refractivity contribution in [3.63, 3.8) is 0 Å². The first-order valence-electron chi connectivity index (χ1n) is 6.95. The molecule has 112 valence electrons. The number of urea groups is 1. The van der Waals surface area contributed by atoms with Crippen LogP contribution in [0, 0.1) is 0 Å². The van der Waals surface area contributed by atoms with Crippen LogP contribution >= 0.6 is 0 Å². The van der Waals surface area contributed by atoms with E-state index >= 15 is 0 Å². The molecule has 0 aliphatic rings. The topological polar surface area (TPSA) is 78.6 Å². The van der Waals surface area contributed by atoms with Gasteiger partial charge in [-0.2, -0.15) is 0 Å². The highest BCUT2D eigenvalue weighted by Crippen LogP contribution is 2.24. The predicted octanol–water partition coefficient (Wildman–Crippen LogP) is 2.54. The van der Waals surface area contributed by atoms with Gasteiger partial charge in [-0.1, -0.05) is 6.07 Å². The number of benzene rings is 1. The van der Waals surface area contributed by atoms with Crippen molar-refractivity contribution in [2.45, 2.75) is 46.2 Å². The molecule has 1 aromatic rings. The van der Waals surface area contributed by atoms with E-state index in [1.54, 1.807) is 12.1 Å². The number of phenols is 1. The van der Waals surface area contributed by atoms with Crippen LogP contribution in [-0.4, -0.2) is 34.7 Å². The Kier molecular flexibility index (Phi) is 5.82. The number of aromatic hydroxyl groups is 1. The monoisotopic (exact) mass is 279 g/mol. The minimum absolute atomic E-state index is 0.0251. The smallest absolute Gasteiger partial charge is 0.316 e. The summed E-state index contributed by atoms with van der Waals surface area (Å²) in [6.45, 7) is 9.64. The van der Waals surface area contributed by atoms with Crippen molar-refractivity contribution in [3.05, 3.63) is 23.8 Å².